The van der Waals surface area contributed by atoms with Crippen molar-refractivity contribution in [1.82, 2.24) is 0 Å². The summed E-state index contributed by atoms with van der Waals surface area (Å²) >= 11 is 0. The quantitative estimate of drug-likeness (QED) is 0.482. The molecule has 1 aliphatic rings. The molecule has 2 nitrogen and oxygen atoms in total. The first-order valence-corrected chi connectivity index (χ1v) is 5.54. The molecule has 2 atom stereocenters. The first-order chi connectivity index (χ1) is 6.77. The van der Waals surface area contributed by atoms with Gasteiger partial charge in [-0.05, 0) is 24.8 Å². The Balaban J connectivity index is 2.27. The highest BCUT2D eigenvalue weighted by Crippen LogP contribution is 2.29. The van der Waals surface area contributed by atoms with Crippen LogP contribution < -0.4 is 0 Å². The lowest BCUT2D eigenvalue weighted by Crippen LogP contribution is -2.11. The van der Waals surface area contributed by atoms with Gasteiger partial charge in [-0.25, -0.2) is 0 Å². The van der Waals surface area contributed by atoms with Crippen LogP contribution in [0.2, 0.25) is 0 Å². The fourth-order valence-electron chi connectivity index (χ4n) is 1.89. The van der Waals surface area contributed by atoms with Crippen molar-refractivity contribution in [2.24, 2.45) is 0 Å². The van der Waals surface area contributed by atoms with Gasteiger partial charge in [0.15, 0.2) is 0 Å². The van der Waals surface area contributed by atoms with E-state index < -0.39 is 0 Å². The lowest BCUT2D eigenvalue weighted by Gasteiger charge is -2.11. The van der Waals surface area contributed by atoms with E-state index in [1.807, 2.05) is 0 Å². The maximum Gasteiger partial charge on any atom is 0.120 e. The standard InChI is InChI=1S/C12H20O2/c1-3-4-6-11-9-10(2)12(14-11)7-5-8-13/h8,11-12H,2-7,9H2,1H3/t11-,12-/m0/s1. The van der Waals surface area contributed by atoms with Crippen molar-refractivity contribution in [2.75, 3.05) is 0 Å². The smallest absolute Gasteiger partial charge is 0.120 e. The van der Waals surface area contributed by atoms with E-state index in [-0.39, 0.29) is 6.10 Å². The molecule has 2 heteroatoms. The summed E-state index contributed by atoms with van der Waals surface area (Å²) < 4.78 is 5.82. The molecule has 0 spiro atoms. The zero-order valence-electron chi connectivity index (χ0n) is 9.00. The van der Waals surface area contributed by atoms with Gasteiger partial charge in [-0.15, -0.1) is 0 Å². The number of rotatable bonds is 6. The zero-order chi connectivity index (χ0) is 10.4. The summed E-state index contributed by atoms with van der Waals surface area (Å²) in [4.78, 5) is 10.2. The summed E-state index contributed by atoms with van der Waals surface area (Å²) in [5.41, 5.74) is 1.17. The van der Waals surface area contributed by atoms with Gasteiger partial charge in [0.05, 0.1) is 12.2 Å². The molecule has 0 aromatic heterocycles. The van der Waals surface area contributed by atoms with Gasteiger partial charge in [0.1, 0.15) is 6.29 Å². The van der Waals surface area contributed by atoms with Gasteiger partial charge in [0.2, 0.25) is 0 Å². The minimum Gasteiger partial charge on any atom is -0.370 e. The van der Waals surface area contributed by atoms with Crippen molar-refractivity contribution in [3.63, 3.8) is 0 Å². The molecule has 1 aliphatic heterocycles. The molecule has 80 valence electrons. The molecule has 14 heavy (non-hydrogen) atoms. The van der Waals surface area contributed by atoms with Gasteiger partial charge in [0.25, 0.3) is 0 Å². The first kappa shape index (κ1) is 11.4. The average Bonchev–Trinajstić information content (AvgIpc) is 2.53. The van der Waals surface area contributed by atoms with Crippen molar-refractivity contribution in [3.8, 4) is 0 Å². The van der Waals surface area contributed by atoms with E-state index in [0.29, 0.717) is 12.5 Å². The topological polar surface area (TPSA) is 26.3 Å². The van der Waals surface area contributed by atoms with Gasteiger partial charge in [-0.1, -0.05) is 26.3 Å². The van der Waals surface area contributed by atoms with Crippen LogP contribution in [0.5, 0.6) is 0 Å². The maximum absolute atomic E-state index is 10.2. The van der Waals surface area contributed by atoms with Crippen LogP contribution in [-0.4, -0.2) is 18.5 Å². The maximum atomic E-state index is 10.2. The number of aldehydes is 1. The van der Waals surface area contributed by atoms with Crippen LogP contribution >= 0.6 is 0 Å². The number of carbonyl (C=O) groups excluding carboxylic acids is 1. The molecule has 0 N–H and O–H groups in total. The molecule has 1 heterocycles. The monoisotopic (exact) mass is 196 g/mol. The first-order valence-electron chi connectivity index (χ1n) is 5.54. The van der Waals surface area contributed by atoms with E-state index in [1.54, 1.807) is 0 Å². The average molecular weight is 196 g/mol. The minimum atomic E-state index is 0.141. The molecular weight excluding hydrogens is 176 g/mol. The molecule has 0 amide bonds. The van der Waals surface area contributed by atoms with E-state index in [4.69, 9.17) is 4.74 Å². The Morgan fingerprint density at radius 3 is 3.00 bits per heavy atom. The Labute approximate surface area is 86.3 Å². The lowest BCUT2D eigenvalue weighted by atomic mass is 10.0. The zero-order valence-corrected chi connectivity index (χ0v) is 9.00. The van der Waals surface area contributed by atoms with Crippen molar-refractivity contribution in [1.29, 1.82) is 0 Å². The van der Waals surface area contributed by atoms with Gasteiger partial charge in [-0.2, -0.15) is 0 Å². The predicted molar refractivity (Wildman–Crippen MR) is 57.2 cm³/mol. The Morgan fingerprint density at radius 1 is 1.57 bits per heavy atom. The lowest BCUT2D eigenvalue weighted by molar-refractivity contribution is -0.108. The van der Waals surface area contributed by atoms with Crippen molar-refractivity contribution in [3.05, 3.63) is 12.2 Å². The fraction of sp³-hybridized carbons (Fsp3) is 0.750. The molecule has 0 radical (unpaired) electrons. The van der Waals surface area contributed by atoms with Crippen LogP contribution in [-0.2, 0) is 9.53 Å². The summed E-state index contributed by atoms with van der Waals surface area (Å²) in [7, 11) is 0. The molecule has 0 saturated carbocycles. The molecule has 0 bridgehead atoms. The SMILES string of the molecule is C=C1C[C@H](CCCC)O[C@H]1CCC=O. The molecule has 0 aromatic carbocycles. The normalized spacial score (nSPS) is 26.8. The van der Waals surface area contributed by atoms with Crippen LogP contribution in [0, 0.1) is 0 Å². The van der Waals surface area contributed by atoms with Crippen molar-refractivity contribution < 1.29 is 9.53 Å². The van der Waals surface area contributed by atoms with Crippen LogP contribution in [0.1, 0.15) is 45.4 Å². The molecule has 0 aromatic rings. The van der Waals surface area contributed by atoms with Crippen molar-refractivity contribution in [2.45, 2.75) is 57.7 Å². The fourth-order valence-corrected chi connectivity index (χ4v) is 1.89. The summed E-state index contributed by atoms with van der Waals surface area (Å²) in [6.07, 6.45) is 7.41. The predicted octanol–water partition coefficient (Wildman–Crippen LogP) is 2.87. The molecule has 0 unspecified atom stereocenters. The van der Waals surface area contributed by atoms with Crippen molar-refractivity contribution >= 4 is 6.29 Å². The van der Waals surface area contributed by atoms with Gasteiger partial charge < -0.3 is 9.53 Å². The van der Waals surface area contributed by atoms with Gasteiger partial charge >= 0.3 is 0 Å². The number of hydrogen-bond acceptors (Lipinski definition) is 2. The number of ether oxygens (including phenoxy) is 1. The highest BCUT2D eigenvalue weighted by Gasteiger charge is 2.27. The Bertz CT molecular complexity index is 198. The van der Waals surface area contributed by atoms with Crippen LogP contribution in [0.15, 0.2) is 12.2 Å². The molecule has 1 saturated heterocycles. The molecule has 1 rings (SSSR count). The molecule has 1 fully saturated rings. The minimum absolute atomic E-state index is 0.141. The second-order valence-electron chi connectivity index (χ2n) is 4.00. The highest BCUT2D eigenvalue weighted by molar-refractivity contribution is 5.49. The van der Waals surface area contributed by atoms with E-state index in [2.05, 4.69) is 13.5 Å². The second-order valence-corrected chi connectivity index (χ2v) is 4.00. The third-order valence-electron chi connectivity index (χ3n) is 2.73. The Kier molecular flexibility index (Phi) is 4.88. The van der Waals surface area contributed by atoms with E-state index in [9.17, 15) is 4.79 Å². The Morgan fingerprint density at radius 2 is 2.36 bits per heavy atom. The number of unbranched alkanes of at least 4 members (excludes halogenated alkanes) is 1. The highest BCUT2D eigenvalue weighted by atomic mass is 16.5. The second kappa shape index (κ2) is 5.97. The number of carbonyl (C=O) groups is 1. The van der Waals surface area contributed by atoms with E-state index in [1.165, 1.54) is 18.4 Å². The largest absolute Gasteiger partial charge is 0.370 e. The van der Waals surface area contributed by atoms with Crippen LogP contribution in [0.3, 0.4) is 0 Å². The van der Waals surface area contributed by atoms with Crippen LogP contribution in [0.4, 0.5) is 0 Å². The summed E-state index contributed by atoms with van der Waals surface area (Å²) in [5.74, 6) is 0. The van der Waals surface area contributed by atoms with Gasteiger partial charge in [0, 0.05) is 6.42 Å². The summed E-state index contributed by atoms with van der Waals surface area (Å²) in [6, 6.07) is 0. The van der Waals surface area contributed by atoms with E-state index >= 15 is 0 Å². The van der Waals surface area contributed by atoms with E-state index in [0.717, 1.165) is 25.5 Å². The third kappa shape index (κ3) is 3.26. The molecular formula is C12H20O2. The Hall–Kier alpha value is -0.630. The summed E-state index contributed by atoms with van der Waals surface area (Å²) in [6.45, 7) is 6.19. The third-order valence-corrected chi connectivity index (χ3v) is 2.73. The summed E-state index contributed by atoms with van der Waals surface area (Å²) in [5, 5.41) is 0. The molecule has 0 aliphatic carbocycles. The number of hydrogen-bond donors (Lipinski definition) is 0. The van der Waals surface area contributed by atoms with Gasteiger partial charge in [-0.3, -0.25) is 0 Å². The van der Waals surface area contributed by atoms with Crippen LogP contribution in [0.25, 0.3) is 0 Å².